The van der Waals surface area contributed by atoms with Gasteiger partial charge in [0.25, 0.3) is 5.91 Å². The number of carbonyl (C=O) groups excluding carboxylic acids is 1. The van der Waals surface area contributed by atoms with E-state index >= 15 is 0 Å². The highest BCUT2D eigenvalue weighted by Gasteiger charge is 2.50. The van der Waals surface area contributed by atoms with Gasteiger partial charge in [-0.3, -0.25) is 14.7 Å². The first-order valence-electron chi connectivity index (χ1n) is 13.4. The number of amidine groups is 1. The molecule has 3 aliphatic heterocycles. The molecule has 3 aromatic carbocycles. The number of aliphatic imine (C=N–C) groups is 1. The SMILES string of the molecule is CCCCC1=NC2(CCOC2)C(=O)N1Cc1ccc(-c2cc(-c3ccccc3)ccc2C2=NN=NC2)cc1. The van der Waals surface area contributed by atoms with Gasteiger partial charge in [0.15, 0.2) is 5.54 Å². The fourth-order valence-electron chi connectivity index (χ4n) is 5.40. The van der Waals surface area contributed by atoms with E-state index in [0.717, 1.165) is 64.2 Å². The third-order valence-electron chi connectivity index (χ3n) is 7.55. The van der Waals surface area contributed by atoms with Crippen LogP contribution in [0.2, 0.25) is 0 Å². The quantitative estimate of drug-likeness (QED) is 0.361. The first-order valence-corrected chi connectivity index (χ1v) is 13.4. The second-order valence-corrected chi connectivity index (χ2v) is 10.1. The largest absolute Gasteiger partial charge is 0.378 e. The number of unbranched alkanes of at least 4 members (excludes halogenated alkanes) is 1. The molecule has 6 rings (SSSR count). The molecule has 7 nitrogen and oxygen atoms in total. The third-order valence-corrected chi connectivity index (χ3v) is 7.55. The van der Waals surface area contributed by atoms with Crippen LogP contribution < -0.4 is 0 Å². The highest BCUT2D eigenvalue weighted by molar-refractivity contribution is 6.09. The van der Waals surface area contributed by atoms with Gasteiger partial charge in [0.1, 0.15) is 12.4 Å². The van der Waals surface area contributed by atoms with Crippen LogP contribution >= 0.6 is 0 Å². The highest BCUT2D eigenvalue weighted by atomic mass is 16.5. The number of nitrogens with zero attached hydrogens (tertiary/aromatic N) is 5. The van der Waals surface area contributed by atoms with Gasteiger partial charge in [0.2, 0.25) is 0 Å². The average Bonchev–Trinajstić information content (AvgIpc) is 3.72. The molecule has 1 atom stereocenters. The van der Waals surface area contributed by atoms with E-state index in [4.69, 9.17) is 9.73 Å². The molecule has 1 unspecified atom stereocenters. The molecule has 1 saturated heterocycles. The summed E-state index contributed by atoms with van der Waals surface area (Å²) >= 11 is 0. The molecule has 0 radical (unpaired) electrons. The minimum absolute atomic E-state index is 0.0785. The molecule has 38 heavy (non-hydrogen) atoms. The molecular formula is C31H31N5O2. The molecule has 0 aliphatic carbocycles. The normalized spacial score (nSPS) is 20.4. The van der Waals surface area contributed by atoms with E-state index in [-0.39, 0.29) is 5.91 Å². The van der Waals surface area contributed by atoms with Gasteiger partial charge in [-0.05, 0) is 45.5 Å². The Labute approximate surface area is 223 Å². The highest BCUT2D eigenvalue weighted by Crippen LogP contribution is 2.35. The van der Waals surface area contributed by atoms with Crippen LogP contribution in [0.1, 0.15) is 43.7 Å². The molecule has 1 fully saturated rings. The van der Waals surface area contributed by atoms with Crippen molar-refractivity contribution in [3.63, 3.8) is 0 Å². The first kappa shape index (κ1) is 24.4. The van der Waals surface area contributed by atoms with E-state index < -0.39 is 5.54 Å². The van der Waals surface area contributed by atoms with Crippen molar-refractivity contribution in [2.45, 2.75) is 44.7 Å². The Kier molecular flexibility index (Phi) is 6.68. The Balaban J connectivity index is 1.29. The van der Waals surface area contributed by atoms with Gasteiger partial charge in [-0.25, -0.2) is 0 Å². The second-order valence-electron chi connectivity index (χ2n) is 10.1. The zero-order valence-electron chi connectivity index (χ0n) is 21.6. The molecule has 7 heteroatoms. The number of rotatable bonds is 8. The van der Waals surface area contributed by atoms with Crippen LogP contribution in [0.5, 0.6) is 0 Å². The molecule has 0 bridgehead atoms. The van der Waals surface area contributed by atoms with Crippen molar-refractivity contribution >= 4 is 17.5 Å². The van der Waals surface area contributed by atoms with Crippen molar-refractivity contribution in [3.05, 3.63) is 83.9 Å². The van der Waals surface area contributed by atoms with E-state index in [1.54, 1.807) is 0 Å². The summed E-state index contributed by atoms with van der Waals surface area (Å²) in [7, 11) is 0. The van der Waals surface area contributed by atoms with Gasteiger partial charge < -0.3 is 4.74 Å². The minimum Gasteiger partial charge on any atom is -0.378 e. The van der Waals surface area contributed by atoms with Crippen LogP contribution in [0.3, 0.4) is 0 Å². The number of hydrogen-bond donors (Lipinski definition) is 0. The zero-order chi connectivity index (χ0) is 26.0. The fourth-order valence-corrected chi connectivity index (χ4v) is 5.40. The lowest BCUT2D eigenvalue weighted by Gasteiger charge is -2.22. The molecule has 3 aromatic rings. The summed E-state index contributed by atoms with van der Waals surface area (Å²) in [4.78, 5) is 20.3. The van der Waals surface area contributed by atoms with Gasteiger partial charge in [-0.15, -0.1) is 5.10 Å². The molecule has 1 spiro atoms. The Morgan fingerprint density at radius 1 is 0.947 bits per heavy atom. The minimum atomic E-state index is -0.714. The van der Waals surface area contributed by atoms with Gasteiger partial charge in [-0.1, -0.05) is 80.1 Å². The lowest BCUT2D eigenvalue weighted by Crippen LogP contribution is -2.42. The van der Waals surface area contributed by atoms with Crippen LogP contribution in [-0.2, 0) is 16.1 Å². The van der Waals surface area contributed by atoms with Crippen molar-refractivity contribution < 1.29 is 9.53 Å². The van der Waals surface area contributed by atoms with Crippen molar-refractivity contribution in [2.24, 2.45) is 20.4 Å². The predicted molar refractivity (Wildman–Crippen MR) is 149 cm³/mol. The topological polar surface area (TPSA) is 79.0 Å². The van der Waals surface area contributed by atoms with E-state index in [0.29, 0.717) is 32.7 Å². The maximum Gasteiger partial charge on any atom is 0.258 e. The Hall–Kier alpha value is -3.97. The summed E-state index contributed by atoms with van der Waals surface area (Å²) < 4.78 is 5.59. The Morgan fingerprint density at radius 3 is 2.47 bits per heavy atom. The number of amides is 1. The van der Waals surface area contributed by atoms with E-state index in [1.165, 1.54) is 0 Å². The Bertz CT molecular complexity index is 1420. The number of carbonyl (C=O) groups is 1. The maximum absolute atomic E-state index is 13.5. The molecule has 0 saturated carbocycles. The summed E-state index contributed by atoms with van der Waals surface area (Å²) in [6.45, 7) is 4.15. The van der Waals surface area contributed by atoms with Crippen LogP contribution in [0.25, 0.3) is 22.3 Å². The Morgan fingerprint density at radius 2 is 1.76 bits per heavy atom. The van der Waals surface area contributed by atoms with Crippen LogP contribution in [0, 0.1) is 0 Å². The summed E-state index contributed by atoms with van der Waals surface area (Å²) in [6.07, 6.45) is 3.56. The number of hydrogen-bond acceptors (Lipinski definition) is 6. The number of benzene rings is 3. The first-order chi connectivity index (χ1) is 18.7. The molecule has 0 aromatic heterocycles. The molecule has 192 valence electrons. The van der Waals surface area contributed by atoms with Crippen LogP contribution in [0.4, 0.5) is 0 Å². The smallest absolute Gasteiger partial charge is 0.258 e. The predicted octanol–water partition coefficient (Wildman–Crippen LogP) is 6.28. The summed E-state index contributed by atoms with van der Waals surface area (Å²) in [5.74, 6) is 0.978. The van der Waals surface area contributed by atoms with Crippen molar-refractivity contribution in [3.8, 4) is 22.3 Å². The van der Waals surface area contributed by atoms with Gasteiger partial charge in [0, 0.05) is 25.0 Å². The van der Waals surface area contributed by atoms with Gasteiger partial charge in [-0.2, -0.15) is 5.11 Å². The average molecular weight is 506 g/mol. The van der Waals surface area contributed by atoms with Gasteiger partial charge >= 0.3 is 0 Å². The van der Waals surface area contributed by atoms with Crippen molar-refractivity contribution in [2.75, 3.05) is 19.8 Å². The van der Waals surface area contributed by atoms with Crippen LogP contribution in [-0.4, -0.2) is 47.7 Å². The lowest BCUT2D eigenvalue weighted by atomic mass is 9.92. The van der Waals surface area contributed by atoms with E-state index in [9.17, 15) is 4.79 Å². The zero-order valence-corrected chi connectivity index (χ0v) is 21.6. The fraction of sp³-hybridized carbons (Fsp3) is 0.323. The van der Waals surface area contributed by atoms with Crippen LogP contribution in [0.15, 0.2) is 93.2 Å². The van der Waals surface area contributed by atoms with Crippen molar-refractivity contribution in [1.82, 2.24) is 4.90 Å². The summed E-state index contributed by atoms with van der Waals surface area (Å²) in [5.41, 5.74) is 6.75. The van der Waals surface area contributed by atoms with E-state index in [2.05, 4.69) is 89.1 Å². The standard InChI is InChI=1S/C31H31N5O2/c1-2-3-9-29-33-31(16-17-38-21-31)30(37)36(29)20-22-10-12-24(13-11-22)27-18-25(23-7-5-4-6-8-23)14-15-26(27)28-19-32-35-34-28/h4-8,10-15,18H,2-3,9,16-17,19-21H2,1H3. The van der Waals surface area contributed by atoms with E-state index in [1.807, 2.05) is 11.0 Å². The summed E-state index contributed by atoms with van der Waals surface area (Å²) in [5, 5.41) is 12.2. The molecule has 3 aliphatic rings. The second kappa shape index (κ2) is 10.4. The summed E-state index contributed by atoms with van der Waals surface area (Å²) in [6, 6.07) is 25.3. The van der Waals surface area contributed by atoms with Crippen molar-refractivity contribution in [1.29, 1.82) is 0 Å². The third kappa shape index (κ3) is 4.58. The lowest BCUT2D eigenvalue weighted by molar-refractivity contribution is -0.131. The number of ether oxygens (including phenoxy) is 1. The molecule has 1 amide bonds. The monoisotopic (exact) mass is 505 g/mol. The molecule has 0 N–H and O–H groups in total. The molecule has 3 heterocycles. The van der Waals surface area contributed by atoms with Gasteiger partial charge in [0.05, 0.1) is 18.9 Å². The molecular weight excluding hydrogens is 474 g/mol. The maximum atomic E-state index is 13.5.